The van der Waals surface area contributed by atoms with Gasteiger partial charge in [0.15, 0.2) is 0 Å². The Morgan fingerprint density at radius 1 is 1.37 bits per heavy atom. The largest absolute Gasteiger partial charge is 0.326 e. The van der Waals surface area contributed by atoms with Gasteiger partial charge in [0.2, 0.25) is 5.91 Å². The van der Waals surface area contributed by atoms with Crippen LogP contribution in [0.5, 0.6) is 0 Å². The molecule has 0 aromatic heterocycles. The molecule has 0 spiro atoms. The van der Waals surface area contributed by atoms with Gasteiger partial charge in [-0.15, -0.1) is 0 Å². The summed E-state index contributed by atoms with van der Waals surface area (Å²) in [5.41, 5.74) is 3.42. The number of hydrogen-bond acceptors (Lipinski definition) is 2. The molecular formula is C16H24N2O. The molecule has 0 radical (unpaired) electrons. The van der Waals surface area contributed by atoms with E-state index >= 15 is 0 Å². The van der Waals surface area contributed by atoms with E-state index in [9.17, 15) is 4.79 Å². The Hall–Kier alpha value is -1.35. The lowest BCUT2D eigenvalue weighted by atomic mass is 9.91. The fourth-order valence-corrected chi connectivity index (χ4v) is 2.63. The summed E-state index contributed by atoms with van der Waals surface area (Å²) in [6, 6.07) is 6.75. The van der Waals surface area contributed by atoms with Gasteiger partial charge in [0.1, 0.15) is 0 Å². The third kappa shape index (κ3) is 3.16. The first kappa shape index (κ1) is 14.1. The first-order chi connectivity index (χ1) is 9.15. The zero-order valence-corrected chi connectivity index (χ0v) is 12.1. The van der Waals surface area contributed by atoms with Crippen molar-refractivity contribution in [2.45, 2.75) is 46.1 Å². The highest BCUT2D eigenvalue weighted by atomic mass is 16.1. The molecule has 1 aliphatic rings. The average Bonchev–Trinajstić information content (AvgIpc) is 2.78. The molecule has 2 unspecified atom stereocenters. The molecule has 1 heterocycles. The van der Waals surface area contributed by atoms with Crippen LogP contribution >= 0.6 is 0 Å². The Labute approximate surface area is 115 Å². The molecule has 0 saturated heterocycles. The quantitative estimate of drug-likeness (QED) is 0.824. The minimum Gasteiger partial charge on any atom is -0.326 e. The summed E-state index contributed by atoms with van der Waals surface area (Å²) in [5, 5.41) is 6.52. The number of nitrogens with one attached hydrogen (secondary N) is 2. The van der Waals surface area contributed by atoms with Gasteiger partial charge >= 0.3 is 0 Å². The zero-order chi connectivity index (χ0) is 13.8. The number of rotatable bonds is 6. The second-order valence-corrected chi connectivity index (χ2v) is 5.46. The third-order valence-electron chi connectivity index (χ3n) is 3.94. The molecule has 3 nitrogen and oxygen atoms in total. The van der Waals surface area contributed by atoms with Gasteiger partial charge < -0.3 is 10.6 Å². The SMILES string of the molecule is CCCNC(c1ccc2c(c1)CC(=O)N2)C(C)CC. The summed E-state index contributed by atoms with van der Waals surface area (Å²) in [7, 11) is 0. The van der Waals surface area contributed by atoms with Crippen molar-refractivity contribution in [2.24, 2.45) is 5.92 Å². The van der Waals surface area contributed by atoms with Crippen LogP contribution in [0.15, 0.2) is 18.2 Å². The molecule has 2 atom stereocenters. The average molecular weight is 260 g/mol. The maximum Gasteiger partial charge on any atom is 0.228 e. The summed E-state index contributed by atoms with van der Waals surface area (Å²) < 4.78 is 0. The van der Waals surface area contributed by atoms with E-state index in [1.54, 1.807) is 0 Å². The van der Waals surface area contributed by atoms with Crippen LogP contribution in [-0.4, -0.2) is 12.5 Å². The van der Waals surface area contributed by atoms with Crippen LogP contribution in [0, 0.1) is 5.92 Å². The summed E-state index contributed by atoms with van der Waals surface area (Å²) in [5.74, 6) is 0.698. The number of fused-ring (bicyclic) bond motifs is 1. The van der Waals surface area contributed by atoms with Crippen LogP contribution < -0.4 is 10.6 Å². The van der Waals surface area contributed by atoms with Gasteiger partial charge in [0, 0.05) is 11.7 Å². The molecular weight excluding hydrogens is 236 g/mol. The number of carbonyl (C=O) groups excluding carboxylic acids is 1. The van der Waals surface area contributed by atoms with Crippen LogP contribution in [-0.2, 0) is 11.2 Å². The molecule has 0 saturated carbocycles. The predicted molar refractivity (Wildman–Crippen MR) is 79.3 cm³/mol. The van der Waals surface area contributed by atoms with Crippen molar-refractivity contribution >= 4 is 11.6 Å². The minimum absolute atomic E-state index is 0.105. The van der Waals surface area contributed by atoms with Crippen molar-refractivity contribution in [3.63, 3.8) is 0 Å². The van der Waals surface area contributed by atoms with Crippen molar-refractivity contribution in [3.8, 4) is 0 Å². The molecule has 104 valence electrons. The number of hydrogen-bond donors (Lipinski definition) is 2. The van der Waals surface area contributed by atoms with Crippen molar-refractivity contribution < 1.29 is 4.79 Å². The summed E-state index contributed by atoms with van der Waals surface area (Å²) in [4.78, 5) is 11.4. The minimum atomic E-state index is 0.105. The van der Waals surface area contributed by atoms with Gasteiger partial charge in [-0.1, -0.05) is 39.3 Å². The standard InChI is InChI=1S/C16H24N2O/c1-4-8-17-16(11(3)5-2)12-6-7-14-13(9-12)10-15(19)18-14/h6-7,9,11,16-17H,4-5,8,10H2,1-3H3,(H,18,19). The lowest BCUT2D eigenvalue weighted by Gasteiger charge is -2.25. The fourth-order valence-electron chi connectivity index (χ4n) is 2.63. The third-order valence-corrected chi connectivity index (χ3v) is 3.94. The van der Waals surface area contributed by atoms with Crippen molar-refractivity contribution in [3.05, 3.63) is 29.3 Å². The molecule has 1 aromatic carbocycles. The van der Waals surface area contributed by atoms with E-state index in [0.29, 0.717) is 18.4 Å². The Bertz CT molecular complexity index is 456. The van der Waals surface area contributed by atoms with Crippen molar-refractivity contribution in [1.29, 1.82) is 0 Å². The highest BCUT2D eigenvalue weighted by Gasteiger charge is 2.22. The second kappa shape index (κ2) is 6.20. The first-order valence-electron chi connectivity index (χ1n) is 7.31. The van der Waals surface area contributed by atoms with Crippen LogP contribution in [0.1, 0.15) is 50.8 Å². The Balaban J connectivity index is 2.22. The predicted octanol–water partition coefficient (Wildman–Crippen LogP) is 3.27. The Morgan fingerprint density at radius 3 is 2.84 bits per heavy atom. The Kier molecular flexibility index (Phi) is 4.59. The van der Waals surface area contributed by atoms with Gasteiger partial charge in [-0.25, -0.2) is 0 Å². The van der Waals surface area contributed by atoms with E-state index in [-0.39, 0.29) is 5.91 Å². The molecule has 1 amide bonds. The molecule has 0 fully saturated rings. The summed E-state index contributed by atoms with van der Waals surface area (Å²) in [6.07, 6.45) is 2.80. The second-order valence-electron chi connectivity index (χ2n) is 5.46. The first-order valence-corrected chi connectivity index (χ1v) is 7.31. The van der Waals surface area contributed by atoms with Crippen molar-refractivity contribution in [1.82, 2.24) is 5.32 Å². The van der Waals surface area contributed by atoms with Gasteiger partial charge in [-0.2, -0.15) is 0 Å². The number of amides is 1. The summed E-state index contributed by atoms with van der Waals surface area (Å²) in [6.45, 7) is 7.73. The van der Waals surface area contributed by atoms with Crippen LogP contribution in [0.4, 0.5) is 5.69 Å². The van der Waals surface area contributed by atoms with E-state index in [1.807, 2.05) is 6.07 Å². The topological polar surface area (TPSA) is 41.1 Å². The number of benzene rings is 1. The maximum absolute atomic E-state index is 11.4. The van der Waals surface area contributed by atoms with Gasteiger partial charge in [0.25, 0.3) is 0 Å². The van der Waals surface area contributed by atoms with Gasteiger partial charge in [-0.05, 0) is 36.1 Å². The Morgan fingerprint density at radius 2 is 2.16 bits per heavy atom. The van der Waals surface area contributed by atoms with Crippen molar-refractivity contribution in [2.75, 3.05) is 11.9 Å². The normalized spacial score (nSPS) is 16.9. The zero-order valence-electron chi connectivity index (χ0n) is 12.1. The highest BCUT2D eigenvalue weighted by Crippen LogP contribution is 2.30. The molecule has 0 aliphatic carbocycles. The number of anilines is 1. The van der Waals surface area contributed by atoms with E-state index in [0.717, 1.165) is 30.6 Å². The molecule has 19 heavy (non-hydrogen) atoms. The van der Waals surface area contributed by atoms with Gasteiger partial charge in [-0.3, -0.25) is 4.79 Å². The lowest BCUT2D eigenvalue weighted by Crippen LogP contribution is -2.27. The van der Waals surface area contributed by atoms with E-state index in [2.05, 4.69) is 43.5 Å². The number of carbonyl (C=O) groups is 1. The van der Waals surface area contributed by atoms with E-state index < -0.39 is 0 Å². The summed E-state index contributed by atoms with van der Waals surface area (Å²) >= 11 is 0. The molecule has 2 N–H and O–H groups in total. The lowest BCUT2D eigenvalue weighted by molar-refractivity contribution is -0.115. The van der Waals surface area contributed by atoms with Crippen LogP contribution in [0.3, 0.4) is 0 Å². The van der Waals surface area contributed by atoms with E-state index in [1.165, 1.54) is 5.56 Å². The monoisotopic (exact) mass is 260 g/mol. The van der Waals surface area contributed by atoms with Crippen LogP contribution in [0.25, 0.3) is 0 Å². The molecule has 2 rings (SSSR count). The highest BCUT2D eigenvalue weighted by molar-refractivity contribution is 5.99. The fraction of sp³-hybridized carbons (Fsp3) is 0.562. The molecule has 1 aliphatic heterocycles. The van der Waals surface area contributed by atoms with E-state index in [4.69, 9.17) is 0 Å². The molecule has 1 aromatic rings. The molecule has 0 bridgehead atoms. The van der Waals surface area contributed by atoms with Gasteiger partial charge in [0.05, 0.1) is 6.42 Å². The maximum atomic E-state index is 11.4. The van der Waals surface area contributed by atoms with Crippen LogP contribution in [0.2, 0.25) is 0 Å². The smallest absolute Gasteiger partial charge is 0.228 e. The molecule has 3 heteroatoms.